The Balaban J connectivity index is 1.82. The number of hydrogen-bond acceptors (Lipinski definition) is 5. The van der Waals surface area contributed by atoms with E-state index in [4.69, 9.17) is 0 Å². The molecule has 2 aromatic heterocycles. The van der Waals surface area contributed by atoms with E-state index in [1.165, 1.54) is 4.57 Å². The quantitative estimate of drug-likeness (QED) is 0.351. The number of carbonyl (C=O) groups excluding carboxylic acids is 1. The molecule has 0 spiro atoms. The number of amides is 1. The molecule has 0 radical (unpaired) electrons. The van der Waals surface area contributed by atoms with Crippen molar-refractivity contribution in [3.8, 4) is 5.75 Å². The summed E-state index contributed by atoms with van der Waals surface area (Å²) in [7, 11) is 0. The number of pyridine rings is 1. The number of carbonyl (C=O) groups is 1. The first-order chi connectivity index (χ1) is 17.0. The van der Waals surface area contributed by atoms with Gasteiger partial charge in [0.25, 0.3) is 17.0 Å². The predicted octanol–water partition coefficient (Wildman–Crippen LogP) is 4.33. The molecule has 0 unspecified atom stereocenters. The number of benzene rings is 2. The van der Waals surface area contributed by atoms with Gasteiger partial charge in [0.15, 0.2) is 0 Å². The molecule has 0 fully saturated rings. The zero-order valence-corrected chi connectivity index (χ0v) is 20.1. The molecule has 0 saturated carbocycles. The summed E-state index contributed by atoms with van der Waals surface area (Å²) in [4.78, 5) is 44.6. The van der Waals surface area contributed by atoms with Crippen LogP contribution < -0.4 is 16.5 Å². The Morgan fingerprint density at radius 3 is 2.37 bits per heavy atom. The van der Waals surface area contributed by atoms with Crippen LogP contribution in [0.5, 0.6) is 5.75 Å². The minimum atomic E-state index is -0.850. The third-order valence-electron chi connectivity index (χ3n) is 6.13. The summed E-state index contributed by atoms with van der Waals surface area (Å²) in [6, 6.07) is 13.9. The molecule has 182 valence electrons. The second-order valence-electron chi connectivity index (χ2n) is 8.63. The molecular formula is C27H30N4O4. The standard InChI is InChI=1S/C27H30N4O4/c1-3-5-6-7-16-22-28-20-14-10-8-12-18(20)26(34)31(22)29-25(33)23-24(32)19-13-9-11-15-21(19)30(17-4-2)27(23)35/h8-15,32H,3-7,16-17H2,1-2H3,(H,29,33). The predicted molar refractivity (Wildman–Crippen MR) is 138 cm³/mol. The van der Waals surface area contributed by atoms with E-state index in [0.29, 0.717) is 47.0 Å². The summed E-state index contributed by atoms with van der Waals surface area (Å²) < 4.78 is 2.60. The molecular weight excluding hydrogens is 444 g/mol. The Kier molecular flexibility index (Phi) is 7.29. The molecule has 8 nitrogen and oxygen atoms in total. The van der Waals surface area contributed by atoms with Gasteiger partial charge in [-0.1, -0.05) is 57.4 Å². The van der Waals surface area contributed by atoms with Gasteiger partial charge in [0, 0.05) is 18.4 Å². The van der Waals surface area contributed by atoms with Crippen molar-refractivity contribution < 1.29 is 9.90 Å². The van der Waals surface area contributed by atoms with Crippen molar-refractivity contribution in [1.82, 2.24) is 14.2 Å². The molecule has 0 aliphatic heterocycles. The highest BCUT2D eigenvalue weighted by Crippen LogP contribution is 2.26. The molecule has 0 aliphatic carbocycles. The van der Waals surface area contributed by atoms with E-state index in [2.05, 4.69) is 17.3 Å². The van der Waals surface area contributed by atoms with Crippen molar-refractivity contribution in [3.63, 3.8) is 0 Å². The van der Waals surface area contributed by atoms with Gasteiger partial charge in [0.1, 0.15) is 17.1 Å². The number of fused-ring (bicyclic) bond motifs is 2. The number of aryl methyl sites for hydroxylation is 2. The van der Waals surface area contributed by atoms with Crippen molar-refractivity contribution >= 4 is 27.7 Å². The molecule has 1 amide bonds. The maximum Gasteiger partial charge on any atom is 0.280 e. The van der Waals surface area contributed by atoms with Crippen LogP contribution in [-0.2, 0) is 13.0 Å². The lowest BCUT2D eigenvalue weighted by Gasteiger charge is -2.17. The Hall–Kier alpha value is -3.94. The van der Waals surface area contributed by atoms with Crippen LogP contribution in [-0.4, -0.2) is 25.2 Å². The summed E-state index contributed by atoms with van der Waals surface area (Å²) in [5.74, 6) is -0.842. The minimum Gasteiger partial charge on any atom is -0.506 e. The highest BCUT2D eigenvalue weighted by atomic mass is 16.3. The Bertz CT molecular complexity index is 1500. The number of nitrogens with zero attached hydrogens (tertiary/aromatic N) is 3. The van der Waals surface area contributed by atoms with Gasteiger partial charge in [0.05, 0.1) is 16.4 Å². The molecule has 2 N–H and O–H groups in total. The SMILES string of the molecule is CCCCCCc1nc2ccccc2c(=O)n1NC(=O)c1c(O)c2ccccc2n(CCC)c1=O. The Morgan fingerprint density at radius 1 is 0.914 bits per heavy atom. The second-order valence-corrected chi connectivity index (χ2v) is 8.63. The van der Waals surface area contributed by atoms with Gasteiger partial charge in [-0.3, -0.25) is 19.8 Å². The van der Waals surface area contributed by atoms with Crippen LogP contribution in [0.15, 0.2) is 58.1 Å². The van der Waals surface area contributed by atoms with Gasteiger partial charge in [-0.25, -0.2) is 9.66 Å². The molecule has 2 aromatic carbocycles. The van der Waals surface area contributed by atoms with Gasteiger partial charge < -0.3 is 9.67 Å². The monoisotopic (exact) mass is 474 g/mol. The zero-order valence-electron chi connectivity index (χ0n) is 20.1. The van der Waals surface area contributed by atoms with Crippen molar-refractivity contribution in [2.75, 3.05) is 5.43 Å². The van der Waals surface area contributed by atoms with E-state index in [0.717, 1.165) is 30.4 Å². The van der Waals surface area contributed by atoms with Gasteiger partial charge in [-0.05, 0) is 37.1 Å². The van der Waals surface area contributed by atoms with Gasteiger partial charge >= 0.3 is 0 Å². The van der Waals surface area contributed by atoms with E-state index < -0.39 is 28.3 Å². The molecule has 0 aliphatic rings. The average Bonchev–Trinajstić information content (AvgIpc) is 2.86. The first-order valence-corrected chi connectivity index (χ1v) is 12.1. The first-order valence-electron chi connectivity index (χ1n) is 12.1. The lowest BCUT2D eigenvalue weighted by atomic mass is 10.1. The number of hydrogen-bond donors (Lipinski definition) is 2. The number of aromatic hydroxyl groups is 1. The molecule has 0 bridgehead atoms. The lowest BCUT2D eigenvalue weighted by molar-refractivity contribution is 0.100. The number of para-hydroxylation sites is 2. The average molecular weight is 475 g/mol. The molecule has 2 heterocycles. The van der Waals surface area contributed by atoms with E-state index in [9.17, 15) is 19.5 Å². The maximum absolute atomic E-state index is 13.4. The van der Waals surface area contributed by atoms with Crippen LogP contribution in [0.3, 0.4) is 0 Å². The smallest absolute Gasteiger partial charge is 0.280 e. The van der Waals surface area contributed by atoms with Crippen molar-refractivity contribution in [3.05, 3.63) is 80.6 Å². The van der Waals surface area contributed by atoms with Crippen LogP contribution in [0.1, 0.15) is 62.1 Å². The number of rotatable bonds is 9. The zero-order chi connectivity index (χ0) is 24.9. The van der Waals surface area contributed by atoms with Gasteiger partial charge in [-0.2, -0.15) is 0 Å². The normalized spacial score (nSPS) is 11.3. The fourth-order valence-electron chi connectivity index (χ4n) is 4.37. The third kappa shape index (κ3) is 4.69. The van der Waals surface area contributed by atoms with Crippen molar-refractivity contribution in [2.45, 2.75) is 58.9 Å². The van der Waals surface area contributed by atoms with Gasteiger partial charge in [0.2, 0.25) is 0 Å². The van der Waals surface area contributed by atoms with Crippen LogP contribution in [0.4, 0.5) is 0 Å². The lowest BCUT2D eigenvalue weighted by Crippen LogP contribution is -2.39. The van der Waals surface area contributed by atoms with Crippen molar-refractivity contribution in [1.29, 1.82) is 0 Å². The van der Waals surface area contributed by atoms with E-state index >= 15 is 0 Å². The minimum absolute atomic E-state index is 0.358. The fourth-order valence-corrected chi connectivity index (χ4v) is 4.37. The third-order valence-corrected chi connectivity index (χ3v) is 6.13. The van der Waals surface area contributed by atoms with Gasteiger partial charge in [-0.15, -0.1) is 0 Å². The van der Waals surface area contributed by atoms with E-state index in [1.807, 2.05) is 13.0 Å². The molecule has 8 heteroatoms. The molecule has 35 heavy (non-hydrogen) atoms. The topological polar surface area (TPSA) is 106 Å². The second kappa shape index (κ2) is 10.5. The summed E-state index contributed by atoms with van der Waals surface area (Å²) in [5, 5.41) is 11.7. The fraction of sp³-hybridized carbons (Fsp3) is 0.333. The highest BCUT2D eigenvalue weighted by molar-refractivity contribution is 6.06. The first kappa shape index (κ1) is 24.2. The number of aromatic nitrogens is 3. The van der Waals surface area contributed by atoms with Crippen LogP contribution >= 0.6 is 0 Å². The van der Waals surface area contributed by atoms with Crippen LogP contribution in [0.2, 0.25) is 0 Å². The van der Waals surface area contributed by atoms with Crippen molar-refractivity contribution in [2.24, 2.45) is 0 Å². The van der Waals surface area contributed by atoms with Crippen LogP contribution in [0.25, 0.3) is 21.8 Å². The number of unbranched alkanes of at least 4 members (excludes halogenated alkanes) is 3. The molecule has 0 saturated heterocycles. The van der Waals surface area contributed by atoms with Crippen LogP contribution in [0, 0.1) is 0 Å². The molecule has 4 rings (SSSR count). The molecule has 0 atom stereocenters. The largest absolute Gasteiger partial charge is 0.506 e. The Labute approximate surface area is 202 Å². The van der Waals surface area contributed by atoms with E-state index in [-0.39, 0.29) is 0 Å². The van der Waals surface area contributed by atoms with E-state index in [1.54, 1.807) is 42.5 Å². The summed E-state index contributed by atoms with van der Waals surface area (Å²) in [6.45, 7) is 4.44. The summed E-state index contributed by atoms with van der Waals surface area (Å²) in [6.07, 6.45) is 5.07. The molecule has 4 aromatic rings. The Morgan fingerprint density at radius 2 is 1.63 bits per heavy atom. The maximum atomic E-state index is 13.4. The number of nitrogens with one attached hydrogen (secondary N) is 1. The highest BCUT2D eigenvalue weighted by Gasteiger charge is 2.23. The summed E-state index contributed by atoms with van der Waals surface area (Å²) >= 11 is 0. The summed E-state index contributed by atoms with van der Waals surface area (Å²) in [5.41, 5.74) is 2.25.